The molecule has 0 saturated carbocycles. The zero-order valence-corrected chi connectivity index (χ0v) is 20.4. The zero-order valence-electron chi connectivity index (χ0n) is 16.3. The van der Waals surface area contributed by atoms with E-state index in [-0.39, 0.29) is 58.0 Å². The van der Waals surface area contributed by atoms with E-state index in [2.05, 4.69) is 13.8 Å². The fourth-order valence-electron chi connectivity index (χ4n) is 2.94. The summed E-state index contributed by atoms with van der Waals surface area (Å²) in [6.45, 7) is 4.64. The number of rotatable bonds is 17. The Morgan fingerprint density at radius 1 is 0.750 bits per heavy atom. The van der Waals surface area contributed by atoms with Gasteiger partial charge in [-0.05, 0) is 18.8 Å². The van der Waals surface area contributed by atoms with Gasteiger partial charge in [-0.25, -0.2) is 4.57 Å². The molecule has 0 aromatic heterocycles. The van der Waals surface area contributed by atoms with Gasteiger partial charge in [0.1, 0.15) is 0 Å². The minimum absolute atomic E-state index is 0. The quantitative estimate of drug-likeness (QED) is 0.186. The Hall–Kier alpha value is 1.75. The molecule has 1 atom stereocenters. The molecule has 0 bridgehead atoms. The maximum Gasteiger partial charge on any atom is 0.469 e. The molecule has 0 rings (SSSR count). The summed E-state index contributed by atoms with van der Waals surface area (Å²) in [5.74, 6) is 0.292. The van der Waals surface area contributed by atoms with Crippen molar-refractivity contribution in [2.24, 2.45) is 5.92 Å². The van der Waals surface area contributed by atoms with E-state index in [4.69, 9.17) is 14.3 Å². The van der Waals surface area contributed by atoms with Crippen LogP contribution in [0.2, 0.25) is 0 Å². The first kappa shape index (κ1) is 28.0. The number of phosphoric acid groups is 1. The van der Waals surface area contributed by atoms with E-state index in [1.807, 2.05) is 0 Å². The van der Waals surface area contributed by atoms with E-state index in [1.165, 1.54) is 64.2 Å². The van der Waals surface area contributed by atoms with Crippen molar-refractivity contribution in [1.29, 1.82) is 0 Å². The topological polar surface area (TPSA) is 66.8 Å². The molecule has 4 nitrogen and oxygen atoms in total. The predicted molar refractivity (Wildman–Crippen MR) is 103 cm³/mol. The molecule has 0 aromatic rings. The van der Waals surface area contributed by atoms with Gasteiger partial charge in [-0.3, -0.25) is 4.52 Å². The molecule has 0 aromatic carbocycles. The third kappa shape index (κ3) is 21.8. The van der Waals surface area contributed by atoms with E-state index in [1.54, 1.807) is 0 Å². The van der Waals surface area contributed by atoms with Gasteiger partial charge in [0.2, 0.25) is 0 Å². The summed E-state index contributed by atoms with van der Waals surface area (Å²) in [5, 5.41) is 0. The number of hydrogen-bond donors (Lipinski definition) is 2. The number of phosphoric ester groups is 1. The van der Waals surface area contributed by atoms with Crippen molar-refractivity contribution in [2.75, 3.05) is 6.61 Å². The third-order valence-corrected chi connectivity index (χ3v) is 4.90. The van der Waals surface area contributed by atoms with Crippen molar-refractivity contribution in [3.63, 3.8) is 0 Å². The Labute approximate surface area is 192 Å². The van der Waals surface area contributed by atoms with Crippen LogP contribution in [0.1, 0.15) is 104 Å². The zero-order chi connectivity index (χ0) is 17.4. The summed E-state index contributed by atoms with van der Waals surface area (Å²) in [6, 6.07) is 0. The van der Waals surface area contributed by atoms with Crippen LogP contribution < -0.4 is 0 Å². The molecule has 0 aliphatic rings. The smallest absolute Gasteiger partial charge is 0.303 e. The largest absolute Gasteiger partial charge is 0.469 e. The van der Waals surface area contributed by atoms with Crippen LogP contribution in [0.4, 0.5) is 0 Å². The first-order valence-electron chi connectivity index (χ1n) is 9.69. The summed E-state index contributed by atoms with van der Waals surface area (Å²) in [6.07, 6.45) is 17.1. The molecule has 0 spiro atoms. The Bertz CT molecular complexity index is 297. The minimum Gasteiger partial charge on any atom is -0.303 e. The standard InChI is InChI=1S/C18H39O4P.K/c1-3-5-7-9-10-12-14-16-18(17-22-23(19,20)21)15-13-11-8-6-4-2;/h18H,3-17H2,1-2H3,(H2,19,20,21);. The summed E-state index contributed by atoms with van der Waals surface area (Å²) in [5.41, 5.74) is 0. The monoisotopic (exact) mass is 389 g/mol. The van der Waals surface area contributed by atoms with Crippen LogP contribution in [0.3, 0.4) is 0 Å². The van der Waals surface area contributed by atoms with E-state index >= 15 is 0 Å². The van der Waals surface area contributed by atoms with Crippen LogP contribution in [0, 0.1) is 5.92 Å². The summed E-state index contributed by atoms with van der Waals surface area (Å²) < 4.78 is 15.6. The second kappa shape index (κ2) is 19.5. The van der Waals surface area contributed by atoms with Crippen LogP contribution in [-0.4, -0.2) is 67.8 Å². The van der Waals surface area contributed by atoms with E-state index in [0.717, 1.165) is 25.7 Å². The van der Waals surface area contributed by atoms with E-state index in [0.29, 0.717) is 5.92 Å². The van der Waals surface area contributed by atoms with Crippen LogP contribution in [0.15, 0.2) is 0 Å². The molecule has 2 N–H and O–H groups in total. The van der Waals surface area contributed by atoms with Crippen molar-refractivity contribution in [1.82, 2.24) is 0 Å². The Balaban J connectivity index is 0. The maximum absolute atomic E-state index is 10.9. The molecule has 0 fully saturated rings. The Kier molecular flexibility index (Phi) is 22.7. The molecular formula is C18H39KO4P. The van der Waals surface area contributed by atoms with Gasteiger partial charge in [-0.15, -0.1) is 0 Å². The normalized spacial score (nSPS) is 12.8. The molecule has 1 unspecified atom stereocenters. The fraction of sp³-hybridized carbons (Fsp3) is 1.00. The molecule has 0 aliphatic heterocycles. The first-order chi connectivity index (χ1) is 11.0. The Morgan fingerprint density at radius 2 is 1.12 bits per heavy atom. The van der Waals surface area contributed by atoms with Gasteiger partial charge in [-0.2, -0.15) is 0 Å². The van der Waals surface area contributed by atoms with Gasteiger partial charge < -0.3 is 9.79 Å². The van der Waals surface area contributed by atoms with Gasteiger partial charge in [-0.1, -0.05) is 90.9 Å². The molecule has 24 heavy (non-hydrogen) atoms. The molecule has 141 valence electrons. The average Bonchev–Trinajstić information content (AvgIpc) is 2.49. The third-order valence-electron chi connectivity index (χ3n) is 4.41. The molecule has 0 aliphatic carbocycles. The van der Waals surface area contributed by atoms with Gasteiger partial charge in [0.25, 0.3) is 0 Å². The maximum atomic E-state index is 10.9. The first-order valence-corrected chi connectivity index (χ1v) is 11.2. The van der Waals surface area contributed by atoms with Crippen molar-refractivity contribution in [3.8, 4) is 0 Å². The predicted octanol–water partition coefficient (Wildman–Crippen LogP) is 5.83. The van der Waals surface area contributed by atoms with Crippen LogP contribution in [0.25, 0.3) is 0 Å². The molecule has 6 heteroatoms. The average molecular weight is 390 g/mol. The minimum atomic E-state index is -4.33. The van der Waals surface area contributed by atoms with Gasteiger partial charge in [0, 0.05) is 51.4 Å². The molecule has 0 heterocycles. The summed E-state index contributed by atoms with van der Waals surface area (Å²) in [4.78, 5) is 17.8. The van der Waals surface area contributed by atoms with Gasteiger partial charge in [0.15, 0.2) is 0 Å². The van der Waals surface area contributed by atoms with Gasteiger partial charge >= 0.3 is 7.82 Å². The second-order valence-corrected chi connectivity index (χ2v) is 8.00. The van der Waals surface area contributed by atoms with E-state index < -0.39 is 7.82 Å². The summed E-state index contributed by atoms with van der Waals surface area (Å²) >= 11 is 0. The van der Waals surface area contributed by atoms with Crippen LogP contribution in [-0.2, 0) is 9.09 Å². The van der Waals surface area contributed by atoms with Crippen LogP contribution >= 0.6 is 7.82 Å². The summed E-state index contributed by atoms with van der Waals surface area (Å²) in [7, 11) is -4.33. The van der Waals surface area contributed by atoms with Crippen molar-refractivity contribution < 1.29 is 18.9 Å². The molecule has 0 saturated heterocycles. The van der Waals surface area contributed by atoms with Crippen LogP contribution in [0.5, 0.6) is 0 Å². The van der Waals surface area contributed by atoms with E-state index in [9.17, 15) is 4.57 Å². The fourth-order valence-corrected chi connectivity index (χ4v) is 3.35. The Morgan fingerprint density at radius 3 is 1.50 bits per heavy atom. The van der Waals surface area contributed by atoms with Crippen molar-refractivity contribution in [3.05, 3.63) is 0 Å². The van der Waals surface area contributed by atoms with Crippen molar-refractivity contribution >= 4 is 59.2 Å². The van der Waals surface area contributed by atoms with Crippen molar-refractivity contribution in [2.45, 2.75) is 104 Å². The second-order valence-electron chi connectivity index (χ2n) is 6.77. The molecular weight excluding hydrogens is 350 g/mol. The van der Waals surface area contributed by atoms with Gasteiger partial charge in [0.05, 0.1) is 6.61 Å². The number of unbranched alkanes of at least 4 members (excludes halogenated alkanes) is 10. The number of hydrogen-bond acceptors (Lipinski definition) is 2. The molecule has 0 amide bonds. The molecule has 1 radical (unpaired) electrons. The SMILES string of the molecule is CCCCCCCCCC(CCCCCCC)COP(=O)(O)O.[K].